The van der Waals surface area contributed by atoms with Gasteiger partial charge < -0.3 is 5.73 Å². The maximum atomic E-state index is 5.88. The molecule has 1 aliphatic rings. The van der Waals surface area contributed by atoms with E-state index in [1.165, 1.54) is 17.7 Å². The van der Waals surface area contributed by atoms with E-state index in [-0.39, 0.29) is 6.04 Å². The molecule has 0 bridgehead atoms. The molecule has 0 saturated heterocycles. The summed E-state index contributed by atoms with van der Waals surface area (Å²) in [5.74, 6) is 1.37. The fraction of sp³-hybridized carbons (Fsp3) is 0.636. The molecule has 82 valence electrons. The summed E-state index contributed by atoms with van der Waals surface area (Å²) in [5, 5.41) is 1.08. The fourth-order valence-electron chi connectivity index (χ4n) is 1.44. The van der Waals surface area contributed by atoms with Gasteiger partial charge in [0.15, 0.2) is 0 Å². The second-order valence-corrected chi connectivity index (χ2v) is 5.17. The third-order valence-electron chi connectivity index (χ3n) is 2.62. The van der Waals surface area contributed by atoms with Gasteiger partial charge in [-0.15, -0.1) is 11.3 Å². The van der Waals surface area contributed by atoms with E-state index in [1.807, 2.05) is 6.20 Å². The van der Waals surface area contributed by atoms with Crippen LogP contribution in [0, 0.1) is 5.92 Å². The highest BCUT2D eigenvalue weighted by atomic mass is 32.1. The van der Waals surface area contributed by atoms with Crippen molar-refractivity contribution in [2.75, 3.05) is 0 Å². The lowest BCUT2D eigenvalue weighted by atomic mass is 10.3. The molecule has 1 aliphatic carbocycles. The topological polar surface area (TPSA) is 51.3 Å². The highest BCUT2D eigenvalue weighted by molar-refractivity contribution is 7.11. The number of aromatic nitrogens is 1. The van der Waals surface area contributed by atoms with Gasteiger partial charge in [0.05, 0.1) is 5.84 Å². The van der Waals surface area contributed by atoms with Gasteiger partial charge in [0.1, 0.15) is 11.0 Å². The number of rotatable bonds is 4. The van der Waals surface area contributed by atoms with Gasteiger partial charge in [0.2, 0.25) is 0 Å². The molecule has 3 nitrogen and oxygen atoms in total. The lowest BCUT2D eigenvalue weighted by molar-refractivity contribution is 0.798. The molecule has 0 spiro atoms. The molecule has 1 heterocycles. The van der Waals surface area contributed by atoms with Crippen LogP contribution in [-0.4, -0.2) is 10.8 Å². The van der Waals surface area contributed by atoms with Gasteiger partial charge >= 0.3 is 0 Å². The van der Waals surface area contributed by atoms with Crippen molar-refractivity contribution in [3.05, 3.63) is 16.1 Å². The first kappa shape index (κ1) is 10.6. The van der Waals surface area contributed by atoms with Crippen LogP contribution in [0.4, 0.5) is 0 Å². The van der Waals surface area contributed by atoms with Gasteiger partial charge in [-0.05, 0) is 26.2 Å². The Morgan fingerprint density at radius 2 is 2.47 bits per heavy atom. The van der Waals surface area contributed by atoms with Crippen molar-refractivity contribution in [2.24, 2.45) is 16.6 Å². The Morgan fingerprint density at radius 1 is 1.73 bits per heavy atom. The summed E-state index contributed by atoms with van der Waals surface area (Å²) in [5.41, 5.74) is 5.88. The molecule has 1 aromatic heterocycles. The van der Waals surface area contributed by atoms with Crippen LogP contribution in [-0.2, 0) is 6.42 Å². The Labute approximate surface area is 94.4 Å². The summed E-state index contributed by atoms with van der Waals surface area (Å²) >= 11 is 1.74. The zero-order valence-corrected chi connectivity index (χ0v) is 10.0. The van der Waals surface area contributed by atoms with Crippen LogP contribution in [0.1, 0.15) is 42.6 Å². The molecule has 0 amide bonds. The number of hydrogen-bond acceptors (Lipinski definition) is 3. The number of aryl methyl sites for hydroxylation is 1. The molecule has 4 heteroatoms. The lowest BCUT2D eigenvalue weighted by Crippen LogP contribution is -2.15. The first-order valence-corrected chi connectivity index (χ1v) is 6.30. The van der Waals surface area contributed by atoms with Crippen LogP contribution in [0.25, 0.3) is 0 Å². The van der Waals surface area contributed by atoms with Crippen molar-refractivity contribution in [2.45, 2.75) is 39.2 Å². The summed E-state index contributed by atoms with van der Waals surface area (Å²) in [6.07, 6.45) is 5.41. The van der Waals surface area contributed by atoms with E-state index in [0.29, 0.717) is 5.92 Å². The Bertz CT molecular complexity index is 366. The minimum Gasteiger partial charge on any atom is -0.387 e. The zero-order valence-electron chi connectivity index (χ0n) is 9.23. The van der Waals surface area contributed by atoms with Crippen molar-refractivity contribution >= 4 is 17.2 Å². The highest BCUT2D eigenvalue weighted by Gasteiger charge is 2.26. The molecule has 0 aromatic carbocycles. The highest BCUT2D eigenvalue weighted by Crippen LogP contribution is 2.31. The molecular formula is C11H17N3S. The average molecular weight is 223 g/mol. The summed E-state index contributed by atoms with van der Waals surface area (Å²) in [4.78, 5) is 10.2. The first-order valence-electron chi connectivity index (χ1n) is 5.48. The van der Waals surface area contributed by atoms with E-state index in [0.717, 1.165) is 17.3 Å². The molecule has 1 atom stereocenters. The third-order valence-corrected chi connectivity index (χ3v) is 3.93. The summed E-state index contributed by atoms with van der Waals surface area (Å²) in [6, 6.07) is 0.121. The normalized spacial score (nSPS) is 19.2. The SMILES string of the molecule is CCc1cnc(C(C)N=C(N)C2CC2)s1. The summed E-state index contributed by atoms with van der Waals surface area (Å²) < 4.78 is 0. The van der Waals surface area contributed by atoms with Gasteiger partial charge in [0.25, 0.3) is 0 Å². The molecule has 1 fully saturated rings. The van der Waals surface area contributed by atoms with Gasteiger partial charge in [0, 0.05) is 17.0 Å². The Hall–Kier alpha value is -0.900. The maximum Gasteiger partial charge on any atom is 0.117 e. The summed E-state index contributed by atoms with van der Waals surface area (Å²) in [7, 11) is 0. The third kappa shape index (κ3) is 2.56. The van der Waals surface area contributed by atoms with E-state index >= 15 is 0 Å². The number of amidine groups is 1. The van der Waals surface area contributed by atoms with E-state index in [4.69, 9.17) is 5.73 Å². The van der Waals surface area contributed by atoms with E-state index in [1.54, 1.807) is 11.3 Å². The lowest BCUT2D eigenvalue weighted by Gasteiger charge is -2.03. The number of thiazole rings is 1. The molecule has 15 heavy (non-hydrogen) atoms. The van der Waals surface area contributed by atoms with Crippen LogP contribution in [0.5, 0.6) is 0 Å². The predicted octanol–water partition coefficient (Wildman–Crippen LogP) is 2.53. The maximum absolute atomic E-state index is 5.88. The van der Waals surface area contributed by atoms with Crippen molar-refractivity contribution < 1.29 is 0 Å². The van der Waals surface area contributed by atoms with Crippen molar-refractivity contribution in [3.8, 4) is 0 Å². The van der Waals surface area contributed by atoms with Crippen molar-refractivity contribution in [1.29, 1.82) is 0 Å². The zero-order chi connectivity index (χ0) is 10.8. The number of nitrogens with two attached hydrogens (primary N) is 1. The van der Waals surface area contributed by atoms with E-state index in [2.05, 4.69) is 23.8 Å². The van der Waals surface area contributed by atoms with Crippen LogP contribution >= 0.6 is 11.3 Å². The van der Waals surface area contributed by atoms with Crippen LogP contribution in [0.3, 0.4) is 0 Å². The largest absolute Gasteiger partial charge is 0.387 e. The van der Waals surface area contributed by atoms with Gasteiger partial charge in [-0.25, -0.2) is 4.98 Å². The monoisotopic (exact) mass is 223 g/mol. The van der Waals surface area contributed by atoms with Gasteiger partial charge in [-0.3, -0.25) is 4.99 Å². The number of aliphatic imine (C=N–C) groups is 1. The minimum absolute atomic E-state index is 0.121. The standard InChI is InChI=1S/C11H17N3S/c1-3-9-6-13-11(15-9)7(2)14-10(12)8-4-5-8/h6-8H,3-5H2,1-2H3,(H2,12,14). The van der Waals surface area contributed by atoms with Crippen molar-refractivity contribution in [1.82, 2.24) is 4.98 Å². The molecule has 0 aliphatic heterocycles. The van der Waals surface area contributed by atoms with Crippen LogP contribution in [0.2, 0.25) is 0 Å². The first-order chi connectivity index (χ1) is 7.20. The predicted molar refractivity (Wildman–Crippen MR) is 64.3 cm³/mol. The Kier molecular flexibility index (Phi) is 3.05. The van der Waals surface area contributed by atoms with Gasteiger partial charge in [-0.2, -0.15) is 0 Å². The average Bonchev–Trinajstić information content (AvgIpc) is 2.96. The molecule has 2 rings (SSSR count). The smallest absolute Gasteiger partial charge is 0.117 e. The quantitative estimate of drug-likeness (QED) is 0.630. The molecule has 1 unspecified atom stereocenters. The molecular weight excluding hydrogens is 206 g/mol. The number of nitrogens with zero attached hydrogens (tertiary/aromatic N) is 2. The number of hydrogen-bond donors (Lipinski definition) is 1. The Balaban J connectivity index is 2.06. The molecule has 2 N–H and O–H groups in total. The second-order valence-electron chi connectivity index (χ2n) is 4.02. The van der Waals surface area contributed by atoms with Gasteiger partial charge in [-0.1, -0.05) is 6.92 Å². The molecule has 1 aromatic rings. The Morgan fingerprint density at radius 3 is 3.00 bits per heavy atom. The molecule has 1 saturated carbocycles. The molecule has 0 radical (unpaired) electrons. The summed E-state index contributed by atoms with van der Waals surface area (Å²) in [6.45, 7) is 4.21. The minimum atomic E-state index is 0.121. The fourth-order valence-corrected chi connectivity index (χ4v) is 2.29. The van der Waals surface area contributed by atoms with Crippen LogP contribution in [0.15, 0.2) is 11.2 Å². The van der Waals surface area contributed by atoms with Crippen molar-refractivity contribution in [3.63, 3.8) is 0 Å². The van der Waals surface area contributed by atoms with E-state index in [9.17, 15) is 0 Å². The van der Waals surface area contributed by atoms with E-state index < -0.39 is 0 Å². The second kappa shape index (κ2) is 4.31. The van der Waals surface area contributed by atoms with Crippen LogP contribution < -0.4 is 5.73 Å².